The van der Waals surface area contributed by atoms with E-state index >= 15 is 0 Å². The van der Waals surface area contributed by atoms with Crippen molar-refractivity contribution < 1.29 is 9.53 Å². The molecule has 7 heteroatoms. The highest BCUT2D eigenvalue weighted by molar-refractivity contribution is 6.29. The fraction of sp³-hybridized carbons (Fsp3) is 0.688. The second-order valence-corrected chi connectivity index (χ2v) is 7.11. The quantitative estimate of drug-likeness (QED) is 0.912. The van der Waals surface area contributed by atoms with Crippen LogP contribution in [0.5, 0.6) is 0 Å². The van der Waals surface area contributed by atoms with E-state index in [0.29, 0.717) is 23.9 Å². The fourth-order valence-corrected chi connectivity index (χ4v) is 2.77. The van der Waals surface area contributed by atoms with Gasteiger partial charge in [0.2, 0.25) is 0 Å². The molecule has 1 unspecified atom stereocenters. The molecule has 1 saturated heterocycles. The Morgan fingerprint density at radius 3 is 2.83 bits per heavy atom. The van der Waals surface area contributed by atoms with Gasteiger partial charge in [-0.2, -0.15) is 0 Å². The first kappa shape index (κ1) is 17.9. The van der Waals surface area contributed by atoms with Crippen LogP contribution in [0.25, 0.3) is 0 Å². The normalized spacial score (nSPS) is 18.8. The summed E-state index contributed by atoms with van der Waals surface area (Å²) in [7, 11) is 0. The monoisotopic (exact) mass is 340 g/mol. The average molecular weight is 341 g/mol. The molecule has 2 rings (SSSR count). The summed E-state index contributed by atoms with van der Waals surface area (Å²) in [5.41, 5.74) is 0.244. The first-order valence-electron chi connectivity index (χ1n) is 8.02. The van der Waals surface area contributed by atoms with Gasteiger partial charge in [0, 0.05) is 38.1 Å². The molecule has 1 aliphatic heterocycles. The van der Waals surface area contributed by atoms with Crippen LogP contribution in [0.1, 0.15) is 45.7 Å². The van der Waals surface area contributed by atoms with Crippen LogP contribution >= 0.6 is 11.6 Å². The number of aromatic nitrogens is 2. The minimum Gasteiger partial charge on any atom is -0.444 e. The largest absolute Gasteiger partial charge is 0.444 e. The van der Waals surface area contributed by atoms with Crippen molar-refractivity contribution >= 4 is 17.7 Å². The Labute approximate surface area is 142 Å². The molecule has 1 N–H and O–H groups in total. The highest BCUT2D eigenvalue weighted by Crippen LogP contribution is 2.20. The van der Waals surface area contributed by atoms with E-state index in [9.17, 15) is 4.79 Å². The molecule has 0 saturated carbocycles. The van der Waals surface area contributed by atoms with Gasteiger partial charge >= 0.3 is 6.09 Å². The van der Waals surface area contributed by atoms with Gasteiger partial charge in [0.15, 0.2) is 5.15 Å². The first-order valence-corrected chi connectivity index (χ1v) is 8.40. The summed E-state index contributed by atoms with van der Waals surface area (Å²) < 4.78 is 5.51. The predicted octanol–water partition coefficient (Wildman–Crippen LogP) is 3.01. The number of carbonyl (C=O) groups excluding carboxylic acids is 1. The molecule has 23 heavy (non-hydrogen) atoms. The van der Waals surface area contributed by atoms with Crippen LogP contribution in [0.4, 0.5) is 4.79 Å². The summed E-state index contributed by atoms with van der Waals surface area (Å²) >= 11 is 6.00. The molecule has 0 radical (unpaired) electrons. The number of carbonyl (C=O) groups is 1. The number of piperidine rings is 1. The van der Waals surface area contributed by atoms with Crippen molar-refractivity contribution in [3.05, 3.63) is 23.2 Å². The summed E-state index contributed by atoms with van der Waals surface area (Å²) in [4.78, 5) is 22.4. The molecular weight excluding hydrogens is 316 g/mol. The smallest absolute Gasteiger partial charge is 0.410 e. The van der Waals surface area contributed by atoms with Gasteiger partial charge in [-0.15, -0.1) is 0 Å². The van der Waals surface area contributed by atoms with Crippen LogP contribution in [0.2, 0.25) is 5.15 Å². The van der Waals surface area contributed by atoms with Gasteiger partial charge in [-0.3, -0.25) is 4.98 Å². The molecule has 0 aliphatic carbocycles. The number of halogens is 1. The summed E-state index contributed by atoms with van der Waals surface area (Å²) in [6.07, 6.45) is 6.07. The van der Waals surface area contributed by atoms with Gasteiger partial charge in [-0.25, -0.2) is 9.78 Å². The van der Waals surface area contributed by atoms with Crippen molar-refractivity contribution in [1.82, 2.24) is 20.2 Å². The summed E-state index contributed by atoms with van der Waals surface area (Å²) in [5, 5.41) is 3.73. The van der Waals surface area contributed by atoms with Crippen molar-refractivity contribution in [2.24, 2.45) is 0 Å². The minimum atomic E-state index is -0.473. The molecule has 1 amide bonds. The number of nitrogens with one attached hydrogen (secondary N) is 1. The lowest BCUT2D eigenvalue weighted by atomic mass is 10.0. The number of likely N-dealkylation sites (tertiary alicyclic amines) is 1. The third-order valence-electron chi connectivity index (χ3n) is 3.65. The lowest BCUT2D eigenvalue weighted by Crippen LogP contribution is -2.50. The van der Waals surface area contributed by atoms with Gasteiger partial charge in [0.05, 0.1) is 5.69 Å². The number of hydrogen-bond donors (Lipinski definition) is 1. The van der Waals surface area contributed by atoms with Gasteiger partial charge < -0.3 is 15.0 Å². The van der Waals surface area contributed by atoms with E-state index in [1.54, 1.807) is 12.4 Å². The zero-order valence-electron chi connectivity index (χ0n) is 14.0. The number of rotatable bonds is 4. The maximum atomic E-state index is 12.3. The van der Waals surface area contributed by atoms with Crippen molar-refractivity contribution in [2.75, 3.05) is 13.1 Å². The SMILES string of the molecule is CC(C)(C)OC(=O)N1CCCCC1CNCc1nccnc1Cl. The highest BCUT2D eigenvalue weighted by Gasteiger charge is 2.30. The molecule has 1 fully saturated rings. The number of ether oxygens (including phenoxy) is 1. The van der Waals surface area contributed by atoms with Gasteiger partial charge in [0.1, 0.15) is 5.60 Å². The topological polar surface area (TPSA) is 67.3 Å². The van der Waals surface area contributed by atoms with E-state index in [0.717, 1.165) is 25.8 Å². The second kappa shape index (κ2) is 7.93. The Balaban J connectivity index is 1.89. The fourth-order valence-electron chi connectivity index (χ4n) is 2.60. The lowest BCUT2D eigenvalue weighted by Gasteiger charge is -2.36. The van der Waals surface area contributed by atoms with Crippen molar-refractivity contribution in [3.8, 4) is 0 Å². The molecule has 1 aliphatic rings. The third-order valence-corrected chi connectivity index (χ3v) is 3.97. The van der Waals surface area contributed by atoms with E-state index < -0.39 is 5.60 Å². The molecular formula is C16H25ClN4O2. The van der Waals surface area contributed by atoms with Crippen molar-refractivity contribution in [3.63, 3.8) is 0 Å². The Hall–Kier alpha value is -1.40. The molecule has 1 atom stereocenters. The highest BCUT2D eigenvalue weighted by atomic mass is 35.5. The Bertz CT molecular complexity index is 533. The van der Waals surface area contributed by atoms with E-state index in [2.05, 4.69) is 15.3 Å². The van der Waals surface area contributed by atoms with E-state index in [1.165, 1.54) is 0 Å². The number of amides is 1. The first-order chi connectivity index (χ1) is 10.9. The van der Waals surface area contributed by atoms with E-state index in [1.807, 2.05) is 25.7 Å². The van der Waals surface area contributed by atoms with Crippen LogP contribution in [0, 0.1) is 0 Å². The van der Waals surface area contributed by atoms with Crippen LogP contribution < -0.4 is 5.32 Å². The van der Waals surface area contributed by atoms with Gasteiger partial charge in [0.25, 0.3) is 0 Å². The predicted molar refractivity (Wildman–Crippen MR) is 89.3 cm³/mol. The van der Waals surface area contributed by atoms with Crippen molar-refractivity contribution in [2.45, 2.75) is 58.2 Å². The molecule has 128 valence electrons. The van der Waals surface area contributed by atoms with Crippen LogP contribution in [0.15, 0.2) is 12.4 Å². The molecule has 1 aromatic rings. The third kappa shape index (κ3) is 5.62. The Morgan fingerprint density at radius 1 is 1.39 bits per heavy atom. The van der Waals surface area contributed by atoms with E-state index in [-0.39, 0.29) is 12.1 Å². The van der Waals surface area contributed by atoms with Crippen LogP contribution in [0.3, 0.4) is 0 Å². The zero-order valence-corrected chi connectivity index (χ0v) is 14.8. The molecule has 2 heterocycles. The molecule has 0 spiro atoms. The summed E-state index contributed by atoms with van der Waals surface area (Å²) in [6.45, 7) is 7.62. The summed E-state index contributed by atoms with van der Waals surface area (Å²) in [6, 6.07) is 0.133. The molecule has 6 nitrogen and oxygen atoms in total. The number of nitrogens with zero attached hydrogens (tertiary/aromatic N) is 3. The van der Waals surface area contributed by atoms with Crippen molar-refractivity contribution in [1.29, 1.82) is 0 Å². The second-order valence-electron chi connectivity index (χ2n) is 6.75. The van der Waals surface area contributed by atoms with E-state index in [4.69, 9.17) is 16.3 Å². The molecule has 0 bridgehead atoms. The maximum Gasteiger partial charge on any atom is 0.410 e. The maximum absolute atomic E-state index is 12.3. The standard InChI is InChI=1S/C16H25ClN4O2/c1-16(2,3)23-15(22)21-9-5-4-6-12(21)10-18-11-13-14(17)20-8-7-19-13/h7-8,12,18H,4-6,9-11H2,1-3H3. The Morgan fingerprint density at radius 2 is 2.13 bits per heavy atom. The van der Waals surface area contributed by atoms with Crippen LogP contribution in [-0.4, -0.2) is 45.7 Å². The number of hydrogen-bond acceptors (Lipinski definition) is 5. The van der Waals surface area contributed by atoms with Crippen LogP contribution in [-0.2, 0) is 11.3 Å². The molecule has 0 aromatic carbocycles. The minimum absolute atomic E-state index is 0.133. The summed E-state index contributed by atoms with van der Waals surface area (Å²) in [5.74, 6) is 0. The zero-order chi connectivity index (χ0) is 16.9. The average Bonchev–Trinajstić information content (AvgIpc) is 2.48. The van der Waals surface area contributed by atoms with Gasteiger partial charge in [-0.05, 0) is 40.0 Å². The lowest BCUT2D eigenvalue weighted by molar-refractivity contribution is 0.00993. The molecule has 1 aromatic heterocycles. The Kier molecular flexibility index (Phi) is 6.18. The van der Waals surface area contributed by atoms with Gasteiger partial charge in [-0.1, -0.05) is 11.6 Å².